The molecule has 0 saturated heterocycles. The molecule has 0 aliphatic rings. The maximum absolute atomic E-state index is 11.0. The van der Waals surface area contributed by atoms with Crippen molar-refractivity contribution in [2.45, 2.75) is 6.92 Å². The van der Waals surface area contributed by atoms with Crippen molar-refractivity contribution in [3.63, 3.8) is 0 Å². The predicted octanol–water partition coefficient (Wildman–Crippen LogP) is 0.171. The number of anilines is 1. The van der Waals surface area contributed by atoms with E-state index in [0.717, 1.165) is 6.26 Å². The van der Waals surface area contributed by atoms with Crippen LogP contribution in [-0.4, -0.2) is 25.7 Å². The van der Waals surface area contributed by atoms with E-state index in [1.807, 2.05) is 0 Å². The molecule has 0 heterocycles. The van der Waals surface area contributed by atoms with Crippen LogP contribution in [0, 0.1) is 6.92 Å². The Labute approximate surface area is 93.1 Å². The molecule has 16 heavy (non-hydrogen) atoms. The number of hydrogen-bond acceptors (Lipinski definition) is 4. The van der Waals surface area contributed by atoms with Gasteiger partial charge in [-0.15, -0.1) is 0 Å². The van der Waals surface area contributed by atoms with Gasteiger partial charge in [-0.05, 0) is 24.6 Å². The number of sulfonamides is 1. The van der Waals surface area contributed by atoms with Crippen LogP contribution >= 0.6 is 0 Å². The van der Waals surface area contributed by atoms with Crippen molar-refractivity contribution in [1.29, 1.82) is 0 Å². The van der Waals surface area contributed by atoms with Gasteiger partial charge in [-0.1, -0.05) is 0 Å². The molecular weight excluding hydrogens is 232 g/mol. The summed E-state index contributed by atoms with van der Waals surface area (Å²) in [5, 5.41) is 9.41. The van der Waals surface area contributed by atoms with E-state index in [4.69, 9.17) is 5.73 Å². The van der Waals surface area contributed by atoms with Gasteiger partial charge in [0.2, 0.25) is 10.0 Å². The lowest BCUT2D eigenvalue weighted by Crippen LogP contribution is -2.16. The molecule has 0 bridgehead atoms. The second kappa shape index (κ2) is 4.01. The van der Waals surface area contributed by atoms with Gasteiger partial charge >= 0.3 is 0 Å². The molecule has 6 nitrogen and oxygen atoms in total. The Balaban J connectivity index is 3.35. The Morgan fingerprint density at radius 3 is 2.44 bits per heavy atom. The summed E-state index contributed by atoms with van der Waals surface area (Å²) >= 11 is 0. The summed E-state index contributed by atoms with van der Waals surface area (Å²) in [4.78, 5) is 11.0. The van der Waals surface area contributed by atoms with Crippen molar-refractivity contribution >= 4 is 21.6 Å². The van der Waals surface area contributed by atoms with Gasteiger partial charge in [-0.25, -0.2) is 8.42 Å². The predicted molar refractivity (Wildman–Crippen MR) is 59.8 cm³/mol. The van der Waals surface area contributed by atoms with Crippen LogP contribution in [0.15, 0.2) is 12.1 Å². The van der Waals surface area contributed by atoms with Crippen molar-refractivity contribution < 1.29 is 18.3 Å². The summed E-state index contributed by atoms with van der Waals surface area (Å²) in [5.41, 5.74) is 5.49. The van der Waals surface area contributed by atoms with Crippen LogP contribution in [-0.2, 0) is 10.0 Å². The largest absolute Gasteiger partial charge is 0.507 e. The Hall–Kier alpha value is -1.76. The zero-order chi connectivity index (χ0) is 12.5. The van der Waals surface area contributed by atoms with E-state index in [1.54, 1.807) is 0 Å². The van der Waals surface area contributed by atoms with Gasteiger partial charge in [0.1, 0.15) is 5.75 Å². The number of benzene rings is 1. The van der Waals surface area contributed by atoms with E-state index in [1.165, 1.54) is 19.1 Å². The molecule has 88 valence electrons. The molecule has 0 fully saturated rings. The van der Waals surface area contributed by atoms with Gasteiger partial charge in [0, 0.05) is 0 Å². The summed E-state index contributed by atoms with van der Waals surface area (Å²) in [6.45, 7) is 1.49. The number of phenols is 1. The average molecular weight is 244 g/mol. The van der Waals surface area contributed by atoms with Crippen molar-refractivity contribution in [3.05, 3.63) is 23.3 Å². The van der Waals surface area contributed by atoms with Crippen molar-refractivity contribution in [2.75, 3.05) is 11.0 Å². The number of primary amides is 1. The maximum atomic E-state index is 11.0. The molecule has 0 atom stereocenters. The van der Waals surface area contributed by atoms with Gasteiger partial charge in [-0.2, -0.15) is 0 Å². The highest BCUT2D eigenvalue weighted by Gasteiger charge is 2.15. The number of aromatic hydroxyl groups is 1. The Kier molecular flexibility index (Phi) is 3.09. The molecule has 0 aromatic heterocycles. The summed E-state index contributed by atoms with van der Waals surface area (Å²) in [6, 6.07) is 2.57. The zero-order valence-electron chi connectivity index (χ0n) is 8.81. The number of carbonyl (C=O) groups is 1. The number of amides is 1. The van der Waals surface area contributed by atoms with E-state index in [-0.39, 0.29) is 22.6 Å². The fourth-order valence-electron chi connectivity index (χ4n) is 1.32. The lowest BCUT2D eigenvalue weighted by molar-refractivity contribution is 0.0997. The van der Waals surface area contributed by atoms with E-state index in [0.29, 0.717) is 0 Å². The Bertz CT molecular complexity index is 537. The highest BCUT2D eigenvalue weighted by molar-refractivity contribution is 7.92. The number of nitrogens with one attached hydrogen (secondary N) is 1. The zero-order valence-corrected chi connectivity index (χ0v) is 9.63. The normalized spacial score (nSPS) is 11.1. The summed E-state index contributed by atoms with van der Waals surface area (Å²) in [6.07, 6.45) is 0.989. The number of nitrogens with two attached hydrogens (primary N) is 1. The fourth-order valence-corrected chi connectivity index (χ4v) is 1.94. The van der Waals surface area contributed by atoms with Gasteiger partial charge in [0.05, 0.1) is 17.5 Å². The molecule has 0 spiro atoms. The fraction of sp³-hybridized carbons (Fsp3) is 0.222. The first-order valence-corrected chi connectivity index (χ1v) is 6.21. The molecule has 0 radical (unpaired) electrons. The molecule has 1 rings (SSSR count). The van der Waals surface area contributed by atoms with E-state index < -0.39 is 15.9 Å². The molecule has 7 heteroatoms. The lowest BCUT2D eigenvalue weighted by Gasteiger charge is -2.11. The van der Waals surface area contributed by atoms with Gasteiger partial charge in [-0.3, -0.25) is 9.52 Å². The minimum atomic E-state index is -3.44. The second-order valence-electron chi connectivity index (χ2n) is 3.37. The minimum absolute atomic E-state index is 0.0892. The standard InChI is InChI=1S/C9H12N2O4S/c1-5-6(11-16(2,14)15)3-4-7(12)8(5)9(10)13/h3-4,11-12H,1-2H3,(H2,10,13). The maximum Gasteiger partial charge on any atom is 0.252 e. The molecule has 1 aromatic carbocycles. The van der Waals surface area contributed by atoms with Gasteiger partial charge in [0.25, 0.3) is 5.91 Å². The molecule has 0 aliphatic carbocycles. The average Bonchev–Trinajstić information content (AvgIpc) is 2.07. The quantitative estimate of drug-likeness (QED) is 0.658. The molecule has 0 unspecified atom stereocenters. The topological polar surface area (TPSA) is 109 Å². The van der Waals surface area contributed by atoms with Crippen LogP contribution in [0.2, 0.25) is 0 Å². The molecule has 4 N–H and O–H groups in total. The van der Waals surface area contributed by atoms with E-state index in [9.17, 15) is 18.3 Å². The first kappa shape index (κ1) is 12.3. The van der Waals surface area contributed by atoms with Crippen LogP contribution in [0.5, 0.6) is 5.75 Å². The van der Waals surface area contributed by atoms with E-state index >= 15 is 0 Å². The minimum Gasteiger partial charge on any atom is -0.507 e. The third-order valence-electron chi connectivity index (χ3n) is 1.98. The van der Waals surface area contributed by atoms with Crippen LogP contribution in [0.3, 0.4) is 0 Å². The highest BCUT2D eigenvalue weighted by atomic mass is 32.2. The third-order valence-corrected chi connectivity index (χ3v) is 2.58. The molecule has 1 aromatic rings. The van der Waals surface area contributed by atoms with Crippen molar-refractivity contribution in [1.82, 2.24) is 0 Å². The summed E-state index contributed by atoms with van der Waals surface area (Å²) in [5.74, 6) is -1.09. The molecular formula is C9H12N2O4S. The number of carbonyl (C=O) groups excluding carboxylic acids is 1. The summed E-state index contributed by atoms with van der Waals surface area (Å²) < 4.78 is 24.3. The van der Waals surface area contributed by atoms with Crippen LogP contribution in [0.25, 0.3) is 0 Å². The lowest BCUT2D eigenvalue weighted by atomic mass is 10.1. The van der Waals surface area contributed by atoms with Crippen LogP contribution < -0.4 is 10.5 Å². The molecule has 1 amide bonds. The smallest absolute Gasteiger partial charge is 0.252 e. The Morgan fingerprint density at radius 2 is 2.00 bits per heavy atom. The van der Waals surface area contributed by atoms with Gasteiger partial charge in [0.15, 0.2) is 0 Å². The number of rotatable bonds is 3. The molecule has 0 saturated carbocycles. The van der Waals surface area contributed by atoms with Crippen molar-refractivity contribution in [2.24, 2.45) is 5.73 Å². The van der Waals surface area contributed by atoms with Gasteiger partial charge < -0.3 is 10.8 Å². The third kappa shape index (κ3) is 2.63. The first-order valence-electron chi connectivity index (χ1n) is 4.32. The first-order chi connectivity index (χ1) is 7.22. The molecule has 0 aliphatic heterocycles. The van der Waals surface area contributed by atoms with Crippen molar-refractivity contribution in [3.8, 4) is 5.75 Å². The number of hydrogen-bond donors (Lipinski definition) is 3. The SMILES string of the molecule is Cc1c(NS(C)(=O)=O)ccc(O)c1C(N)=O. The monoisotopic (exact) mass is 244 g/mol. The summed E-state index contributed by atoms with van der Waals surface area (Å²) in [7, 11) is -3.44. The van der Waals surface area contributed by atoms with Crippen LogP contribution in [0.4, 0.5) is 5.69 Å². The van der Waals surface area contributed by atoms with E-state index in [2.05, 4.69) is 4.72 Å². The Morgan fingerprint density at radius 1 is 1.44 bits per heavy atom. The van der Waals surface area contributed by atoms with Crippen LogP contribution in [0.1, 0.15) is 15.9 Å². The second-order valence-corrected chi connectivity index (χ2v) is 5.12. The highest BCUT2D eigenvalue weighted by Crippen LogP contribution is 2.27.